The third-order valence-electron chi connectivity index (χ3n) is 1.83. The van der Waals surface area contributed by atoms with Gasteiger partial charge in [-0.05, 0) is 6.07 Å². The maximum Gasteiger partial charge on any atom is 0.335 e. The Bertz CT molecular complexity index is 380. The first-order valence-electron chi connectivity index (χ1n) is 3.97. The van der Waals surface area contributed by atoms with E-state index in [9.17, 15) is 18.7 Å². The average Bonchev–Trinajstić information content (AvgIpc) is 2.15. The van der Waals surface area contributed by atoms with Crippen molar-refractivity contribution in [3.8, 4) is 0 Å². The topological polar surface area (TPSA) is 77.8 Å². The van der Waals surface area contributed by atoms with E-state index < -0.39 is 35.4 Å². The molecule has 0 radical (unpaired) electrons. The summed E-state index contributed by atoms with van der Waals surface area (Å²) in [6.07, 6.45) is -4.08. The molecule has 0 aliphatic heterocycles. The van der Waals surface area contributed by atoms with Crippen molar-refractivity contribution in [2.75, 3.05) is 0 Å². The molecule has 2 unspecified atom stereocenters. The minimum absolute atomic E-state index is 0.466. The Kier molecular flexibility index (Phi) is 3.33. The number of aliphatic hydroxyl groups is 2. The predicted octanol–water partition coefficient (Wildman–Crippen LogP) is 0.444. The van der Waals surface area contributed by atoms with Gasteiger partial charge in [-0.25, -0.2) is 13.6 Å². The van der Waals surface area contributed by atoms with E-state index in [1.165, 1.54) is 0 Å². The Labute approximate surface area is 83.4 Å². The van der Waals surface area contributed by atoms with Crippen molar-refractivity contribution >= 4 is 5.97 Å². The van der Waals surface area contributed by atoms with Crippen LogP contribution in [0.25, 0.3) is 0 Å². The highest BCUT2D eigenvalue weighted by Crippen LogP contribution is 2.21. The molecule has 1 aromatic rings. The fourth-order valence-electron chi connectivity index (χ4n) is 1.05. The molecule has 0 aliphatic rings. The summed E-state index contributed by atoms with van der Waals surface area (Å²) in [4.78, 5) is 10.3. The quantitative estimate of drug-likeness (QED) is 0.688. The first-order valence-corrected chi connectivity index (χ1v) is 3.97. The van der Waals surface area contributed by atoms with Crippen LogP contribution < -0.4 is 0 Å². The molecule has 4 nitrogen and oxygen atoms in total. The fraction of sp³-hybridized carbons (Fsp3) is 0.222. The number of halogens is 2. The second kappa shape index (κ2) is 4.33. The Morgan fingerprint density at radius 1 is 1.27 bits per heavy atom. The molecule has 82 valence electrons. The first kappa shape index (κ1) is 11.5. The number of rotatable bonds is 3. The number of aliphatic carboxylic acids is 1. The van der Waals surface area contributed by atoms with E-state index in [1.54, 1.807) is 0 Å². The number of carboxylic acids is 1. The maximum atomic E-state index is 13.0. The van der Waals surface area contributed by atoms with Gasteiger partial charge in [-0.15, -0.1) is 0 Å². The number of benzene rings is 1. The molecular formula is C9H8F2O4. The molecule has 0 saturated carbocycles. The van der Waals surface area contributed by atoms with Crippen molar-refractivity contribution < 1.29 is 28.9 Å². The summed E-state index contributed by atoms with van der Waals surface area (Å²) in [6.45, 7) is 0. The Morgan fingerprint density at radius 3 is 2.33 bits per heavy atom. The lowest BCUT2D eigenvalue weighted by Crippen LogP contribution is -2.28. The van der Waals surface area contributed by atoms with Gasteiger partial charge in [0.05, 0.1) is 0 Å². The highest BCUT2D eigenvalue weighted by Gasteiger charge is 2.27. The van der Waals surface area contributed by atoms with Gasteiger partial charge >= 0.3 is 5.97 Å². The van der Waals surface area contributed by atoms with Crippen molar-refractivity contribution in [1.82, 2.24) is 0 Å². The zero-order valence-electron chi connectivity index (χ0n) is 7.39. The van der Waals surface area contributed by atoms with Crippen LogP contribution in [-0.4, -0.2) is 27.4 Å². The summed E-state index contributed by atoms with van der Waals surface area (Å²) < 4.78 is 25.5. The molecule has 1 rings (SSSR count). The summed E-state index contributed by atoms with van der Waals surface area (Å²) in [5.74, 6) is -3.65. The van der Waals surface area contributed by atoms with Crippen LogP contribution in [0.5, 0.6) is 0 Å². The predicted molar refractivity (Wildman–Crippen MR) is 45.0 cm³/mol. The smallest absolute Gasteiger partial charge is 0.335 e. The molecule has 0 aromatic heterocycles. The normalized spacial score (nSPS) is 14.7. The van der Waals surface area contributed by atoms with E-state index in [0.29, 0.717) is 6.07 Å². The lowest BCUT2D eigenvalue weighted by molar-refractivity contribution is -0.153. The SMILES string of the molecule is O=C(O)C(O)C(O)c1ccc(F)cc1F. The first-order chi connectivity index (χ1) is 6.93. The Morgan fingerprint density at radius 2 is 1.87 bits per heavy atom. The van der Waals surface area contributed by atoms with Crippen LogP contribution in [0.4, 0.5) is 8.78 Å². The lowest BCUT2D eigenvalue weighted by atomic mass is 10.0. The molecule has 0 amide bonds. The van der Waals surface area contributed by atoms with Crippen molar-refractivity contribution in [1.29, 1.82) is 0 Å². The molecule has 2 atom stereocenters. The van der Waals surface area contributed by atoms with Gasteiger partial charge in [-0.2, -0.15) is 0 Å². The second-order valence-corrected chi connectivity index (χ2v) is 2.89. The van der Waals surface area contributed by atoms with Gasteiger partial charge in [0.25, 0.3) is 0 Å². The summed E-state index contributed by atoms with van der Waals surface area (Å²) in [6, 6.07) is 2.23. The van der Waals surface area contributed by atoms with E-state index >= 15 is 0 Å². The third kappa shape index (κ3) is 2.48. The third-order valence-corrected chi connectivity index (χ3v) is 1.83. The van der Waals surface area contributed by atoms with Gasteiger partial charge in [0.15, 0.2) is 6.10 Å². The minimum Gasteiger partial charge on any atom is -0.479 e. The summed E-state index contributed by atoms with van der Waals surface area (Å²) in [5.41, 5.74) is -0.466. The van der Waals surface area contributed by atoms with E-state index in [4.69, 9.17) is 10.2 Å². The van der Waals surface area contributed by atoms with Crippen LogP contribution in [-0.2, 0) is 4.79 Å². The van der Waals surface area contributed by atoms with Gasteiger partial charge in [0, 0.05) is 11.6 Å². The molecule has 0 saturated heterocycles. The van der Waals surface area contributed by atoms with Crippen molar-refractivity contribution in [2.24, 2.45) is 0 Å². The molecule has 1 aromatic carbocycles. The zero-order chi connectivity index (χ0) is 11.6. The summed E-state index contributed by atoms with van der Waals surface area (Å²) in [7, 11) is 0. The van der Waals surface area contributed by atoms with Crippen LogP contribution in [0.3, 0.4) is 0 Å². The van der Waals surface area contributed by atoms with E-state index in [1.807, 2.05) is 0 Å². The molecule has 0 aliphatic carbocycles. The minimum atomic E-state index is -2.15. The number of aliphatic hydroxyl groups excluding tert-OH is 2. The van der Waals surface area contributed by atoms with E-state index in [2.05, 4.69) is 0 Å². The number of hydrogen-bond donors (Lipinski definition) is 3. The summed E-state index contributed by atoms with van der Waals surface area (Å²) in [5, 5.41) is 26.5. The number of hydrogen-bond acceptors (Lipinski definition) is 3. The average molecular weight is 218 g/mol. The lowest BCUT2D eigenvalue weighted by Gasteiger charge is -2.14. The largest absolute Gasteiger partial charge is 0.479 e. The molecule has 0 spiro atoms. The van der Waals surface area contributed by atoms with Crippen LogP contribution in [0.2, 0.25) is 0 Å². The molecular weight excluding hydrogens is 210 g/mol. The number of carboxylic acid groups (broad SMARTS) is 1. The van der Waals surface area contributed by atoms with Crippen LogP contribution in [0.1, 0.15) is 11.7 Å². The monoisotopic (exact) mass is 218 g/mol. The Hall–Kier alpha value is -1.53. The van der Waals surface area contributed by atoms with Crippen LogP contribution in [0.15, 0.2) is 18.2 Å². The highest BCUT2D eigenvalue weighted by molar-refractivity contribution is 5.73. The van der Waals surface area contributed by atoms with Gasteiger partial charge in [-0.1, -0.05) is 6.07 Å². The molecule has 0 bridgehead atoms. The summed E-state index contributed by atoms with van der Waals surface area (Å²) >= 11 is 0. The molecule has 3 N–H and O–H groups in total. The zero-order valence-corrected chi connectivity index (χ0v) is 7.39. The van der Waals surface area contributed by atoms with Gasteiger partial charge in [0.2, 0.25) is 0 Å². The molecule has 0 fully saturated rings. The molecule has 0 heterocycles. The Balaban J connectivity index is 3.01. The van der Waals surface area contributed by atoms with Crippen molar-refractivity contribution in [3.63, 3.8) is 0 Å². The van der Waals surface area contributed by atoms with E-state index in [-0.39, 0.29) is 0 Å². The van der Waals surface area contributed by atoms with Gasteiger partial charge in [-0.3, -0.25) is 0 Å². The molecule has 15 heavy (non-hydrogen) atoms. The molecule has 6 heteroatoms. The van der Waals surface area contributed by atoms with Gasteiger partial charge < -0.3 is 15.3 Å². The standard InChI is InChI=1S/C9H8F2O4/c10-4-1-2-5(6(11)3-4)7(12)8(13)9(14)15/h1-3,7-8,12-13H,(H,14,15). The van der Waals surface area contributed by atoms with Crippen molar-refractivity contribution in [3.05, 3.63) is 35.4 Å². The van der Waals surface area contributed by atoms with Crippen molar-refractivity contribution in [2.45, 2.75) is 12.2 Å². The van der Waals surface area contributed by atoms with Crippen LogP contribution >= 0.6 is 0 Å². The number of carbonyl (C=O) groups is 1. The van der Waals surface area contributed by atoms with E-state index in [0.717, 1.165) is 12.1 Å². The highest BCUT2D eigenvalue weighted by atomic mass is 19.1. The second-order valence-electron chi connectivity index (χ2n) is 2.89. The van der Waals surface area contributed by atoms with Crippen LogP contribution in [0, 0.1) is 11.6 Å². The fourth-order valence-corrected chi connectivity index (χ4v) is 1.05. The maximum absolute atomic E-state index is 13.0. The van der Waals surface area contributed by atoms with Gasteiger partial charge in [0.1, 0.15) is 17.7 Å².